The van der Waals surface area contributed by atoms with Crippen LogP contribution in [0.5, 0.6) is 0 Å². The van der Waals surface area contributed by atoms with Gasteiger partial charge in [0.2, 0.25) is 0 Å². The number of fused-ring (bicyclic) bond motifs is 2. The van der Waals surface area contributed by atoms with Crippen molar-refractivity contribution in [3.8, 4) is 0 Å². The zero-order valence-corrected chi connectivity index (χ0v) is 15.3. The van der Waals surface area contributed by atoms with E-state index >= 15 is 0 Å². The van der Waals surface area contributed by atoms with Crippen LogP contribution in [0.3, 0.4) is 0 Å². The molecular weight excluding hydrogens is 272 g/mol. The minimum atomic E-state index is -0.797. The molecule has 0 amide bonds. The molecule has 0 aromatic carbocycles. The second kappa shape index (κ2) is 4.59. The predicted octanol–water partition coefficient (Wildman–Crippen LogP) is 4.60. The molecule has 3 saturated carbocycles. The van der Waals surface area contributed by atoms with Gasteiger partial charge in [0.25, 0.3) is 0 Å². The van der Waals surface area contributed by atoms with Gasteiger partial charge in [-0.15, -0.1) is 0 Å². The van der Waals surface area contributed by atoms with Crippen LogP contribution in [0.25, 0.3) is 0 Å². The van der Waals surface area contributed by atoms with E-state index < -0.39 is 11.0 Å². The summed E-state index contributed by atoms with van der Waals surface area (Å²) in [6, 6.07) is 0. The molecule has 22 heavy (non-hydrogen) atoms. The number of aliphatic hydroxyl groups is 1. The third-order valence-electron chi connectivity index (χ3n) is 8.49. The van der Waals surface area contributed by atoms with Gasteiger partial charge in [-0.1, -0.05) is 48.0 Å². The SMILES string of the molecule is C[C@@H]1CC[C@@]2(C(=O)C1)C(C)(C)C(C)(C)[C@@H]1CC[C@@H](C)C[C@]12O. The van der Waals surface area contributed by atoms with Crippen molar-refractivity contribution in [2.24, 2.45) is 34.0 Å². The highest BCUT2D eigenvalue weighted by molar-refractivity contribution is 5.89. The molecule has 3 aliphatic carbocycles. The molecule has 0 heterocycles. The molecule has 0 saturated heterocycles. The summed E-state index contributed by atoms with van der Waals surface area (Å²) in [5, 5.41) is 12.0. The molecule has 0 aliphatic heterocycles. The highest BCUT2D eigenvalue weighted by atomic mass is 16.3. The van der Waals surface area contributed by atoms with E-state index in [-0.39, 0.29) is 16.7 Å². The molecule has 3 aliphatic rings. The number of carbonyl (C=O) groups is 1. The number of hydrogen-bond acceptors (Lipinski definition) is 2. The molecule has 0 bridgehead atoms. The number of rotatable bonds is 0. The lowest BCUT2D eigenvalue weighted by Gasteiger charge is -2.54. The molecule has 1 N–H and O–H groups in total. The summed E-state index contributed by atoms with van der Waals surface area (Å²) in [6.07, 6.45) is 5.68. The van der Waals surface area contributed by atoms with E-state index in [9.17, 15) is 9.90 Å². The molecule has 3 fully saturated rings. The van der Waals surface area contributed by atoms with E-state index in [1.165, 1.54) is 6.42 Å². The Bertz CT molecular complexity index is 492. The molecule has 3 rings (SSSR count). The normalized spacial score (nSPS) is 50.1. The Kier molecular flexibility index (Phi) is 3.44. The summed E-state index contributed by atoms with van der Waals surface area (Å²) in [5.74, 6) is 1.60. The van der Waals surface area contributed by atoms with Gasteiger partial charge in [-0.3, -0.25) is 4.79 Å². The van der Waals surface area contributed by atoms with Crippen molar-refractivity contribution in [3.05, 3.63) is 0 Å². The Morgan fingerprint density at radius 2 is 1.64 bits per heavy atom. The minimum absolute atomic E-state index is 0.00186. The molecule has 0 aromatic rings. The van der Waals surface area contributed by atoms with Crippen molar-refractivity contribution in [2.75, 3.05) is 0 Å². The average molecular weight is 306 g/mol. The van der Waals surface area contributed by atoms with Gasteiger partial charge in [0.15, 0.2) is 0 Å². The van der Waals surface area contributed by atoms with Gasteiger partial charge in [-0.2, -0.15) is 0 Å². The first-order valence-electron chi connectivity index (χ1n) is 9.26. The first-order chi connectivity index (χ1) is 10.0. The summed E-state index contributed by atoms with van der Waals surface area (Å²) in [5.41, 5.74) is -1.48. The molecule has 1 spiro atoms. The van der Waals surface area contributed by atoms with Crippen LogP contribution in [0.4, 0.5) is 0 Å². The fourth-order valence-corrected chi connectivity index (χ4v) is 6.74. The van der Waals surface area contributed by atoms with E-state index in [4.69, 9.17) is 0 Å². The van der Waals surface area contributed by atoms with Crippen LogP contribution < -0.4 is 0 Å². The standard InChI is InChI=1S/C20H34O2/c1-13-9-10-19(16(21)11-13)18(5,6)17(3,4)15-8-7-14(2)12-20(15,19)22/h13-15,22H,7-12H2,1-6H3/t13-,14-,15+,19-,20+/m1/s1. The monoisotopic (exact) mass is 306 g/mol. The van der Waals surface area contributed by atoms with E-state index in [0.29, 0.717) is 24.0 Å². The maximum absolute atomic E-state index is 13.3. The Balaban J connectivity index is 2.20. The van der Waals surface area contributed by atoms with Gasteiger partial charge in [0, 0.05) is 6.42 Å². The van der Waals surface area contributed by atoms with Gasteiger partial charge >= 0.3 is 0 Å². The Hall–Kier alpha value is -0.370. The fourth-order valence-electron chi connectivity index (χ4n) is 6.74. The van der Waals surface area contributed by atoms with Crippen molar-refractivity contribution in [1.29, 1.82) is 0 Å². The van der Waals surface area contributed by atoms with E-state index in [1.807, 2.05) is 0 Å². The number of carbonyl (C=O) groups excluding carboxylic acids is 1. The van der Waals surface area contributed by atoms with Crippen LogP contribution in [0.1, 0.15) is 80.1 Å². The predicted molar refractivity (Wildman–Crippen MR) is 89.5 cm³/mol. The topological polar surface area (TPSA) is 37.3 Å². The quantitative estimate of drug-likeness (QED) is 0.710. The van der Waals surface area contributed by atoms with Gasteiger partial charge < -0.3 is 5.11 Å². The van der Waals surface area contributed by atoms with Crippen LogP contribution in [0, 0.1) is 34.0 Å². The maximum Gasteiger partial charge on any atom is 0.142 e. The molecule has 2 nitrogen and oxygen atoms in total. The van der Waals surface area contributed by atoms with Crippen LogP contribution in [-0.4, -0.2) is 16.5 Å². The number of ketones is 1. The Labute approximate surface area is 136 Å². The van der Waals surface area contributed by atoms with E-state index in [0.717, 1.165) is 25.7 Å². The maximum atomic E-state index is 13.3. The molecule has 2 heteroatoms. The molecule has 5 atom stereocenters. The summed E-state index contributed by atoms with van der Waals surface area (Å²) in [6.45, 7) is 13.6. The number of hydrogen-bond donors (Lipinski definition) is 1. The van der Waals surface area contributed by atoms with Gasteiger partial charge in [-0.25, -0.2) is 0 Å². The van der Waals surface area contributed by atoms with Crippen LogP contribution in [0.2, 0.25) is 0 Å². The van der Waals surface area contributed by atoms with Gasteiger partial charge in [0.05, 0.1) is 11.0 Å². The lowest BCUT2D eigenvalue weighted by molar-refractivity contribution is -0.178. The molecule has 0 unspecified atom stereocenters. The molecule has 0 radical (unpaired) electrons. The minimum Gasteiger partial charge on any atom is -0.389 e. The lowest BCUT2D eigenvalue weighted by Crippen LogP contribution is -2.60. The van der Waals surface area contributed by atoms with Gasteiger partial charge in [-0.05, 0) is 54.3 Å². The van der Waals surface area contributed by atoms with Crippen molar-refractivity contribution in [1.82, 2.24) is 0 Å². The van der Waals surface area contributed by atoms with Gasteiger partial charge in [0.1, 0.15) is 5.78 Å². The van der Waals surface area contributed by atoms with E-state index in [1.54, 1.807) is 0 Å². The van der Waals surface area contributed by atoms with Crippen LogP contribution in [-0.2, 0) is 4.79 Å². The first kappa shape index (κ1) is 16.5. The molecule has 0 aromatic heterocycles. The first-order valence-corrected chi connectivity index (χ1v) is 9.26. The highest BCUT2D eigenvalue weighted by Gasteiger charge is 2.77. The van der Waals surface area contributed by atoms with E-state index in [2.05, 4.69) is 41.5 Å². The smallest absolute Gasteiger partial charge is 0.142 e. The Morgan fingerprint density at radius 3 is 2.23 bits per heavy atom. The zero-order chi connectivity index (χ0) is 16.6. The summed E-state index contributed by atoms with van der Waals surface area (Å²) >= 11 is 0. The van der Waals surface area contributed by atoms with Crippen LogP contribution >= 0.6 is 0 Å². The second-order valence-corrected chi connectivity index (χ2v) is 9.89. The third kappa shape index (κ3) is 1.63. The average Bonchev–Trinajstić information content (AvgIpc) is 2.46. The fraction of sp³-hybridized carbons (Fsp3) is 0.950. The summed E-state index contributed by atoms with van der Waals surface area (Å²) in [7, 11) is 0. The third-order valence-corrected chi connectivity index (χ3v) is 8.49. The second-order valence-electron chi connectivity index (χ2n) is 9.89. The van der Waals surface area contributed by atoms with Crippen molar-refractivity contribution >= 4 is 5.78 Å². The molecule has 126 valence electrons. The summed E-state index contributed by atoms with van der Waals surface area (Å²) in [4.78, 5) is 13.3. The van der Waals surface area contributed by atoms with Crippen molar-refractivity contribution < 1.29 is 9.90 Å². The zero-order valence-electron chi connectivity index (χ0n) is 15.3. The highest BCUT2D eigenvalue weighted by Crippen LogP contribution is 2.75. The lowest BCUT2D eigenvalue weighted by atomic mass is 9.50. The largest absolute Gasteiger partial charge is 0.389 e. The van der Waals surface area contributed by atoms with Crippen molar-refractivity contribution in [3.63, 3.8) is 0 Å². The Morgan fingerprint density at radius 1 is 1.00 bits per heavy atom. The van der Waals surface area contributed by atoms with Crippen LogP contribution in [0.15, 0.2) is 0 Å². The number of Topliss-reactive ketones (excluding diaryl/α,β-unsaturated/α-hetero) is 1. The summed E-state index contributed by atoms with van der Waals surface area (Å²) < 4.78 is 0. The van der Waals surface area contributed by atoms with Crippen molar-refractivity contribution in [2.45, 2.75) is 85.7 Å². The molecular formula is C20H34O2.